The second kappa shape index (κ2) is 3.45. The molecule has 0 saturated heterocycles. The summed E-state index contributed by atoms with van der Waals surface area (Å²) in [7, 11) is -2.93. The van der Waals surface area contributed by atoms with Crippen LogP contribution in [-0.4, -0.2) is 14.7 Å². The summed E-state index contributed by atoms with van der Waals surface area (Å²) >= 11 is 0. The Bertz CT molecular complexity index is 209. The van der Waals surface area contributed by atoms with Gasteiger partial charge in [-0.25, -0.2) is 8.42 Å². The summed E-state index contributed by atoms with van der Waals surface area (Å²) in [6.07, 6.45) is 6.09. The van der Waals surface area contributed by atoms with Crippen LogP contribution in [0.1, 0.15) is 6.92 Å². The lowest BCUT2D eigenvalue weighted by atomic mass is 10.5. The largest absolute Gasteiger partial charge is 0.225 e. The van der Waals surface area contributed by atoms with E-state index in [2.05, 4.69) is 0 Å². The molecule has 0 aromatic carbocycles. The molecule has 0 rings (SSSR count). The van der Waals surface area contributed by atoms with E-state index < -0.39 is 9.84 Å². The minimum Gasteiger partial charge on any atom is -0.225 e. The number of hydrogen-bond acceptors (Lipinski definition) is 2. The van der Waals surface area contributed by atoms with Crippen LogP contribution in [0, 0.1) is 0 Å². The van der Waals surface area contributed by atoms with Crippen LogP contribution >= 0.6 is 0 Å². The van der Waals surface area contributed by atoms with Crippen LogP contribution in [0.4, 0.5) is 0 Å². The highest BCUT2D eigenvalue weighted by molar-refractivity contribution is 7.93. The van der Waals surface area contributed by atoms with Crippen LogP contribution in [0.15, 0.2) is 23.6 Å². The van der Waals surface area contributed by atoms with Crippen LogP contribution in [-0.2, 0) is 9.84 Å². The smallest absolute Gasteiger partial charge is 0.168 e. The summed E-state index contributed by atoms with van der Waals surface area (Å²) in [6.45, 7) is 1.83. The Hall–Kier alpha value is -0.570. The first kappa shape index (κ1) is 8.43. The molecular formula is C6H10O2S. The van der Waals surface area contributed by atoms with E-state index in [0.29, 0.717) is 0 Å². The third-order valence-electron chi connectivity index (χ3n) is 0.629. The molecule has 0 aliphatic heterocycles. The molecule has 0 amide bonds. The molecule has 0 aromatic rings. The van der Waals surface area contributed by atoms with Crippen LogP contribution in [0.3, 0.4) is 0 Å². The molecule has 0 aromatic heterocycles. The van der Waals surface area contributed by atoms with Crippen LogP contribution < -0.4 is 0 Å². The standard InChI is InChI=1S/C6H10O2S/c1-3-4-5-6-9(2,7)8/h3-6H,1-2H3/b4-3+,6-5-. The van der Waals surface area contributed by atoms with E-state index in [9.17, 15) is 8.42 Å². The number of sulfone groups is 1. The normalized spacial score (nSPS) is 13.6. The van der Waals surface area contributed by atoms with Crippen molar-refractivity contribution in [3.8, 4) is 0 Å². The summed E-state index contributed by atoms with van der Waals surface area (Å²) in [5.74, 6) is 0. The van der Waals surface area contributed by atoms with Gasteiger partial charge in [0.25, 0.3) is 0 Å². The molecule has 0 aliphatic carbocycles. The van der Waals surface area contributed by atoms with Gasteiger partial charge in [-0.2, -0.15) is 0 Å². The average Bonchev–Trinajstić information content (AvgIpc) is 1.63. The van der Waals surface area contributed by atoms with Crippen molar-refractivity contribution in [2.45, 2.75) is 6.92 Å². The lowest BCUT2D eigenvalue weighted by molar-refractivity contribution is 0.610. The van der Waals surface area contributed by atoms with Crippen LogP contribution in [0.5, 0.6) is 0 Å². The van der Waals surface area contributed by atoms with E-state index in [0.717, 1.165) is 11.7 Å². The molecule has 3 heteroatoms. The molecule has 52 valence electrons. The van der Waals surface area contributed by atoms with Crippen molar-refractivity contribution < 1.29 is 8.42 Å². The second-order valence-electron chi connectivity index (χ2n) is 1.68. The molecule has 0 spiro atoms. The highest BCUT2D eigenvalue weighted by Gasteiger charge is 1.88. The minimum absolute atomic E-state index is 1.16. The monoisotopic (exact) mass is 146 g/mol. The van der Waals surface area contributed by atoms with Gasteiger partial charge in [-0.1, -0.05) is 18.2 Å². The van der Waals surface area contributed by atoms with E-state index >= 15 is 0 Å². The van der Waals surface area contributed by atoms with Gasteiger partial charge in [-0.05, 0) is 6.92 Å². The zero-order valence-corrected chi connectivity index (χ0v) is 6.35. The highest BCUT2D eigenvalue weighted by atomic mass is 32.2. The SMILES string of the molecule is C/C=C/C=C\S(C)(=O)=O. The topological polar surface area (TPSA) is 34.1 Å². The molecule has 0 radical (unpaired) electrons. The fourth-order valence-corrected chi connectivity index (χ4v) is 0.675. The molecular weight excluding hydrogens is 136 g/mol. The molecule has 0 bridgehead atoms. The maximum absolute atomic E-state index is 10.4. The summed E-state index contributed by atoms with van der Waals surface area (Å²) in [5.41, 5.74) is 0. The Balaban J connectivity index is 4.03. The molecule has 0 fully saturated rings. The van der Waals surface area contributed by atoms with Crippen LogP contribution in [0.2, 0.25) is 0 Å². The van der Waals surface area contributed by atoms with Gasteiger partial charge in [0.05, 0.1) is 0 Å². The molecule has 0 heterocycles. The third-order valence-corrected chi connectivity index (χ3v) is 1.28. The van der Waals surface area contributed by atoms with Crippen molar-refractivity contribution in [2.24, 2.45) is 0 Å². The molecule has 9 heavy (non-hydrogen) atoms. The molecule has 0 aliphatic rings. The summed E-state index contributed by atoms with van der Waals surface area (Å²) in [6, 6.07) is 0. The molecule has 0 N–H and O–H groups in total. The second-order valence-corrected chi connectivity index (χ2v) is 3.62. The maximum atomic E-state index is 10.4. The van der Waals surface area contributed by atoms with Crippen molar-refractivity contribution >= 4 is 9.84 Å². The van der Waals surface area contributed by atoms with Gasteiger partial charge >= 0.3 is 0 Å². The lowest BCUT2D eigenvalue weighted by Gasteiger charge is -1.79. The predicted molar refractivity (Wildman–Crippen MR) is 38.8 cm³/mol. The fraction of sp³-hybridized carbons (Fsp3) is 0.333. The van der Waals surface area contributed by atoms with E-state index in [1.54, 1.807) is 12.2 Å². The molecule has 0 saturated carbocycles. The first-order valence-corrected chi connectivity index (χ1v) is 4.51. The quantitative estimate of drug-likeness (QED) is 0.547. The van der Waals surface area contributed by atoms with E-state index in [1.807, 2.05) is 6.92 Å². The summed E-state index contributed by atoms with van der Waals surface area (Å²) < 4.78 is 20.8. The molecule has 0 atom stereocenters. The first-order chi connectivity index (χ1) is 4.06. The van der Waals surface area contributed by atoms with Gasteiger partial charge in [0, 0.05) is 11.7 Å². The molecule has 2 nitrogen and oxygen atoms in total. The zero-order chi connectivity index (χ0) is 7.33. The number of hydrogen-bond donors (Lipinski definition) is 0. The maximum Gasteiger partial charge on any atom is 0.168 e. The van der Waals surface area contributed by atoms with E-state index in [1.165, 1.54) is 6.08 Å². The number of rotatable bonds is 2. The Morgan fingerprint density at radius 1 is 1.22 bits per heavy atom. The Kier molecular flexibility index (Phi) is 3.24. The van der Waals surface area contributed by atoms with Gasteiger partial charge < -0.3 is 0 Å². The van der Waals surface area contributed by atoms with Gasteiger partial charge in [-0.15, -0.1) is 0 Å². The zero-order valence-electron chi connectivity index (χ0n) is 5.53. The first-order valence-electron chi connectivity index (χ1n) is 2.55. The Morgan fingerprint density at radius 2 is 1.78 bits per heavy atom. The lowest BCUT2D eigenvalue weighted by Crippen LogP contribution is -1.86. The third kappa shape index (κ3) is 7.43. The van der Waals surface area contributed by atoms with Crippen molar-refractivity contribution in [1.29, 1.82) is 0 Å². The van der Waals surface area contributed by atoms with Crippen LogP contribution in [0.25, 0.3) is 0 Å². The summed E-state index contributed by atoms with van der Waals surface area (Å²) in [5, 5.41) is 1.16. The average molecular weight is 146 g/mol. The van der Waals surface area contributed by atoms with Crippen molar-refractivity contribution in [2.75, 3.05) is 6.26 Å². The minimum atomic E-state index is -2.93. The predicted octanol–water partition coefficient (Wildman–Crippen LogP) is 1.12. The fourth-order valence-electron chi connectivity index (χ4n) is 0.299. The van der Waals surface area contributed by atoms with E-state index in [-0.39, 0.29) is 0 Å². The van der Waals surface area contributed by atoms with Crippen molar-refractivity contribution in [1.82, 2.24) is 0 Å². The van der Waals surface area contributed by atoms with Gasteiger partial charge in [0.2, 0.25) is 0 Å². The van der Waals surface area contributed by atoms with Gasteiger partial charge in [0.1, 0.15) is 0 Å². The van der Waals surface area contributed by atoms with E-state index in [4.69, 9.17) is 0 Å². The Morgan fingerprint density at radius 3 is 2.11 bits per heavy atom. The van der Waals surface area contributed by atoms with Crippen molar-refractivity contribution in [3.05, 3.63) is 23.6 Å². The number of allylic oxidation sites excluding steroid dienone is 3. The van der Waals surface area contributed by atoms with Gasteiger partial charge in [-0.3, -0.25) is 0 Å². The Labute approximate surface area is 55.8 Å². The summed E-state index contributed by atoms with van der Waals surface area (Å²) in [4.78, 5) is 0. The molecule has 0 unspecified atom stereocenters. The highest BCUT2D eigenvalue weighted by Crippen LogP contribution is 1.85. The van der Waals surface area contributed by atoms with Crippen molar-refractivity contribution in [3.63, 3.8) is 0 Å². The van der Waals surface area contributed by atoms with Gasteiger partial charge in [0.15, 0.2) is 9.84 Å².